The molecule has 0 fully saturated rings. The minimum Gasteiger partial charge on any atom is -0.486 e. The van der Waals surface area contributed by atoms with Crippen LogP contribution in [0.1, 0.15) is 18.9 Å². The lowest BCUT2D eigenvalue weighted by molar-refractivity contribution is -0.152. The summed E-state index contributed by atoms with van der Waals surface area (Å²) < 4.78 is 42.6. The normalized spacial score (nSPS) is 17.7. The Morgan fingerprint density at radius 2 is 1.91 bits per heavy atom. The SMILES string of the molecule is C[C@H](OC(=O)CCN=C1NS(=O)(=O)c2ccccc21)C(=O)Nc1ccc2c(c1)OCCO2. The fourth-order valence-corrected chi connectivity index (χ4v) is 4.44. The van der Waals surface area contributed by atoms with Gasteiger partial charge in [0.2, 0.25) is 0 Å². The second-order valence-electron chi connectivity index (χ2n) is 7.06. The highest BCUT2D eigenvalue weighted by atomic mass is 32.2. The molecule has 4 rings (SSSR count). The van der Waals surface area contributed by atoms with Crippen molar-refractivity contribution in [2.75, 3.05) is 25.1 Å². The van der Waals surface area contributed by atoms with E-state index in [0.29, 0.717) is 36.0 Å². The molecule has 2 aliphatic rings. The fraction of sp³-hybridized carbons (Fsp3) is 0.286. The van der Waals surface area contributed by atoms with Crippen molar-refractivity contribution >= 4 is 33.4 Å². The Balaban J connectivity index is 1.29. The molecule has 0 aromatic heterocycles. The predicted octanol–water partition coefficient (Wildman–Crippen LogP) is 1.46. The van der Waals surface area contributed by atoms with E-state index in [2.05, 4.69) is 15.0 Å². The zero-order chi connectivity index (χ0) is 22.7. The number of nitrogens with zero attached hydrogens (tertiary/aromatic N) is 1. The molecule has 168 valence electrons. The minimum atomic E-state index is -3.64. The number of amidine groups is 1. The molecular formula is C21H21N3O7S. The molecule has 2 aromatic carbocycles. The van der Waals surface area contributed by atoms with Gasteiger partial charge in [-0.15, -0.1) is 0 Å². The molecule has 2 aliphatic heterocycles. The van der Waals surface area contributed by atoms with Crippen molar-refractivity contribution in [1.82, 2.24) is 4.72 Å². The maximum Gasteiger partial charge on any atom is 0.308 e. The summed E-state index contributed by atoms with van der Waals surface area (Å²) in [4.78, 5) is 28.7. The van der Waals surface area contributed by atoms with Gasteiger partial charge in [-0.1, -0.05) is 12.1 Å². The van der Waals surface area contributed by atoms with Gasteiger partial charge in [0.05, 0.1) is 17.9 Å². The van der Waals surface area contributed by atoms with Gasteiger partial charge in [0.1, 0.15) is 19.0 Å². The number of hydrogen-bond acceptors (Lipinski definition) is 8. The van der Waals surface area contributed by atoms with Gasteiger partial charge in [0.15, 0.2) is 17.6 Å². The molecule has 32 heavy (non-hydrogen) atoms. The first-order chi connectivity index (χ1) is 15.3. The standard InChI is InChI=1S/C21H21N3O7S/c1-13(21(26)23-14-6-7-16-17(12-14)30-11-10-29-16)31-19(25)8-9-22-20-15-4-2-3-5-18(15)32(27,28)24-20/h2-7,12-13H,8-11H2,1H3,(H,22,24)(H,23,26)/t13-/m0/s1. The highest BCUT2D eigenvalue weighted by Gasteiger charge is 2.30. The number of ether oxygens (including phenoxy) is 3. The molecule has 0 aliphatic carbocycles. The molecule has 0 spiro atoms. The summed E-state index contributed by atoms with van der Waals surface area (Å²) >= 11 is 0. The zero-order valence-electron chi connectivity index (χ0n) is 17.2. The largest absolute Gasteiger partial charge is 0.486 e. The number of amides is 1. The van der Waals surface area contributed by atoms with Crippen molar-refractivity contribution in [1.29, 1.82) is 0 Å². The molecule has 0 unspecified atom stereocenters. The third kappa shape index (κ3) is 4.67. The van der Waals surface area contributed by atoms with E-state index in [9.17, 15) is 18.0 Å². The monoisotopic (exact) mass is 459 g/mol. The van der Waals surface area contributed by atoms with Crippen LogP contribution in [-0.2, 0) is 24.3 Å². The van der Waals surface area contributed by atoms with Gasteiger partial charge < -0.3 is 19.5 Å². The molecule has 1 amide bonds. The molecule has 0 radical (unpaired) electrons. The molecule has 0 saturated heterocycles. The molecular weight excluding hydrogens is 438 g/mol. The maximum absolute atomic E-state index is 12.3. The number of nitrogens with one attached hydrogen (secondary N) is 2. The Bertz CT molecular complexity index is 1190. The Labute approximate surface area is 184 Å². The summed E-state index contributed by atoms with van der Waals surface area (Å²) in [5.41, 5.74) is 0.939. The first-order valence-corrected chi connectivity index (χ1v) is 11.4. The van der Waals surface area contributed by atoms with Crippen LogP contribution in [0.25, 0.3) is 0 Å². The smallest absolute Gasteiger partial charge is 0.308 e. The van der Waals surface area contributed by atoms with Crippen molar-refractivity contribution in [3.63, 3.8) is 0 Å². The summed E-state index contributed by atoms with van der Waals surface area (Å²) in [6.07, 6.45) is -1.15. The Hall–Kier alpha value is -3.60. The number of carbonyl (C=O) groups excluding carboxylic acids is 2. The van der Waals surface area contributed by atoms with E-state index in [1.54, 1.807) is 36.4 Å². The summed E-state index contributed by atoms with van der Waals surface area (Å²) in [7, 11) is -3.64. The zero-order valence-corrected chi connectivity index (χ0v) is 18.0. The van der Waals surface area contributed by atoms with Crippen molar-refractivity contribution in [2.45, 2.75) is 24.3 Å². The Kier molecular flexibility index (Phi) is 5.99. The number of rotatable bonds is 6. The number of benzene rings is 2. The molecule has 11 heteroatoms. The van der Waals surface area contributed by atoms with E-state index >= 15 is 0 Å². The molecule has 0 bridgehead atoms. The number of sulfonamides is 1. The number of aliphatic imine (C=N–C) groups is 1. The lowest BCUT2D eigenvalue weighted by atomic mass is 10.2. The lowest BCUT2D eigenvalue weighted by Crippen LogP contribution is -2.30. The van der Waals surface area contributed by atoms with E-state index in [0.717, 1.165) is 0 Å². The average Bonchev–Trinajstić information content (AvgIpc) is 3.04. The second kappa shape index (κ2) is 8.87. The van der Waals surface area contributed by atoms with Crippen molar-refractivity contribution < 1.29 is 32.2 Å². The second-order valence-corrected chi connectivity index (χ2v) is 8.71. The van der Waals surface area contributed by atoms with Crippen LogP contribution in [0.4, 0.5) is 5.69 Å². The number of anilines is 1. The molecule has 1 atom stereocenters. The lowest BCUT2D eigenvalue weighted by Gasteiger charge is -2.19. The Morgan fingerprint density at radius 1 is 1.16 bits per heavy atom. The maximum atomic E-state index is 12.3. The highest BCUT2D eigenvalue weighted by Crippen LogP contribution is 2.32. The first kappa shape index (κ1) is 21.6. The van der Waals surface area contributed by atoms with Crippen LogP contribution in [0.5, 0.6) is 11.5 Å². The number of esters is 1. The summed E-state index contributed by atoms with van der Waals surface area (Å²) in [6, 6.07) is 11.4. The number of fused-ring (bicyclic) bond motifs is 2. The van der Waals surface area contributed by atoms with Crippen LogP contribution < -0.4 is 19.5 Å². The summed E-state index contributed by atoms with van der Waals surface area (Å²) in [5, 5.41) is 2.66. The third-order valence-electron chi connectivity index (χ3n) is 4.74. The van der Waals surface area contributed by atoms with Crippen molar-refractivity contribution in [3.05, 3.63) is 48.0 Å². The topological polar surface area (TPSA) is 132 Å². The Morgan fingerprint density at radius 3 is 2.72 bits per heavy atom. The van der Waals surface area contributed by atoms with E-state index in [1.165, 1.54) is 13.0 Å². The molecule has 10 nitrogen and oxygen atoms in total. The number of hydrogen-bond donors (Lipinski definition) is 2. The van der Waals surface area contributed by atoms with Gasteiger partial charge in [-0.05, 0) is 31.2 Å². The van der Waals surface area contributed by atoms with E-state index < -0.39 is 28.0 Å². The number of carbonyl (C=O) groups is 2. The van der Waals surface area contributed by atoms with Crippen LogP contribution in [0.2, 0.25) is 0 Å². The van der Waals surface area contributed by atoms with Gasteiger partial charge >= 0.3 is 5.97 Å². The molecule has 2 aromatic rings. The molecule has 2 N–H and O–H groups in total. The van der Waals surface area contributed by atoms with Crippen LogP contribution in [0.3, 0.4) is 0 Å². The van der Waals surface area contributed by atoms with Crippen molar-refractivity contribution in [2.24, 2.45) is 4.99 Å². The predicted molar refractivity (Wildman–Crippen MR) is 114 cm³/mol. The van der Waals surface area contributed by atoms with E-state index in [-0.39, 0.29) is 23.7 Å². The van der Waals surface area contributed by atoms with Crippen LogP contribution in [0.15, 0.2) is 52.4 Å². The molecule has 0 saturated carbocycles. The summed E-state index contributed by atoms with van der Waals surface area (Å²) in [6.45, 7) is 2.35. The van der Waals surface area contributed by atoms with Gasteiger partial charge in [-0.2, -0.15) is 0 Å². The fourth-order valence-electron chi connectivity index (χ4n) is 3.18. The van der Waals surface area contributed by atoms with Gasteiger partial charge in [-0.3, -0.25) is 19.3 Å². The van der Waals surface area contributed by atoms with Gasteiger partial charge in [-0.25, -0.2) is 8.42 Å². The van der Waals surface area contributed by atoms with Crippen LogP contribution in [0, 0.1) is 0 Å². The average molecular weight is 459 g/mol. The molecule has 2 heterocycles. The van der Waals surface area contributed by atoms with Gasteiger partial charge in [0, 0.05) is 17.3 Å². The van der Waals surface area contributed by atoms with Crippen molar-refractivity contribution in [3.8, 4) is 11.5 Å². The van der Waals surface area contributed by atoms with E-state index in [1.807, 2.05) is 0 Å². The summed E-state index contributed by atoms with van der Waals surface area (Å²) in [5.74, 6) is 0.175. The minimum absolute atomic E-state index is 0.00151. The van der Waals surface area contributed by atoms with Crippen LogP contribution >= 0.6 is 0 Å². The quantitative estimate of drug-likeness (QED) is 0.625. The highest BCUT2D eigenvalue weighted by molar-refractivity contribution is 7.90. The van der Waals surface area contributed by atoms with Gasteiger partial charge in [0.25, 0.3) is 15.9 Å². The first-order valence-electron chi connectivity index (χ1n) is 9.90. The third-order valence-corrected chi connectivity index (χ3v) is 6.13. The van der Waals surface area contributed by atoms with Crippen LogP contribution in [-0.4, -0.2) is 52.0 Å². The van der Waals surface area contributed by atoms with E-state index in [4.69, 9.17) is 14.2 Å².